The molecule has 0 heterocycles. The zero-order valence-electron chi connectivity index (χ0n) is 21.3. The molecule has 0 radical (unpaired) electrons. The molecule has 0 aromatic rings. The summed E-state index contributed by atoms with van der Waals surface area (Å²) >= 11 is 0. The van der Waals surface area contributed by atoms with Crippen molar-refractivity contribution in [1.82, 2.24) is 0 Å². The van der Waals surface area contributed by atoms with Crippen molar-refractivity contribution in [3.8, 4) is 0 Å². The Kier molecular flexibility index (Phi) is 8.71. The molecule has 6 atom stereocenters. The van der Waals surface area contributed by atoms with Crippen LogP contribution in [-0.4, -0.2) is 15.9 Å². The van der Waals surface area contributed by atoms with Crippen LogP contribution in [0.2, 0.25) is 0 Å². The van der Waals surface area contributed by atoms with Crippen LogP contribution >= 0.6 is 7.82 Å². The molecule has 6 unspecified atom stereocenters. The average molecular weight is 477 g/mol. The van der Waals surface area contributed by atoms with Crippen LogP contribution in [0, 0.1) is 35.0 Å². The molecular formula is C28H45O4P. The van der Waals surface area contributed by atoms with Gasteiger partial charge in [0.05, 0.1) is 6.10 Å². The van der Waals surface area contributed by atoms with E-state index in [9.17, 15) is 14.4 Å². The molecule has 3 aliphatic rings. The Hall–Kier alpha value is -0.930. The number of phosphoric ester groups is 1. The van der Waals surface area contributed by atoms with E-state index in [-0.39, 0.29) is 0 Å². The molecule has 0 amide bonds. The molecule has 186 valence electrons. The number of phosphoric acid groups is 1. The van der Waals surface area contributed by atoms with Gasteiger partial charge in [0.1, 0.15) is 0 Å². The van der Waals surface area contributed by atoms with E-state index in [1.165, 1.54) is 25.7 Å². The maximum Gasteiger partial charge on any atom is 0.469 e. The van der Waals surface area contributed by atoms with Gasteiger partial charge in [-0.3, -0.25) is 4.52 Å². The van der Waals surface area contributed by atoms with E-state index in [0.29, 0.717) is 41.9 Å². The van der Waals surface area contributed by atoms with E-state index in [1.807, 2.05) is 0 Å². The summed E-state index contributed by atoms with van der Waals surface area (Å²) in [6, 6.07) is 0. The summed E-state index contributed by atoms with van der Waals surface area (Å²) in [4.78, 5) is 18.4. The van der Waals surface area contributed by atoms with E-state index >= 15 is 0 Å². The van der Waals surface area contributed by atoms with Gasteiger partial charge in [0, 0.05) is 0 Å². The first-order chi connectivity index (χ1) is 15.4. The van der Waals surface area contributed by atoms with E-state index in [4.69, 9.17) is 4.52 Å². The molecule has 0 saturated heterocycles. The van der Waals surface area contributed by atoms with Gasteiger partial charge in [-0.25, -0.2) is 4.57 Å². The smallest absolute Gasteiger partial charge is 0.303 e. The van der Waals surface area contributed by atoms with Gasteiger partial charge in [0.25, 0.3) is 0 Å². The lowest BCUT2D eigenvalue weighted by Gasteiger charge is -2.44. The highest BCUT2D eigenvalue weighted by atomic mass is 31.2. The third-order valence-electron chi connectivity index (χ3n) is 8.90. The number of hydrogen-bond acceptors (Lipinski definition) is 2. The summed E-state index contributed by atoms with van der Waals surface area (Å²) in [5.41, 5.74) is 4.05. The molecule has 5 heteroatoms. The quantitative estimate of drug-likeness (QED) is 0.291. The normalized spacial score (nSPS) is 35.5. The van der Waals surface area contributed by atoms with E-state index in [2.05, 4.69) is 65.5 Å². The highest BCUT2D eigenvalue weighted by molar-refractivity contribution is 7.46. The molecule has 2 N–H and O–H groups in total. The largest absolute Gasteiger partial charge is 0.469 e. The molecule has 4 nitrogen and oxygen atoms in total. The molecule has 0 aliphatic heterocycles. The number of allylic oxidation sites excluding steroid dienone is 6. The predicted molar refractivity (Wildman–Crippen MR) is 137 cm³/mol. The van der Waals surface area contributed by atoms with Crippen molar-refractivity contribution in [3.63, 3.8) is 0 Å². The lowest BCUT2D eigenvalue weighted by Crippen LogP contribution is -2.35. The summed E-state index contributed by atoms with van der Waals surface area (Å²) in [7, 11) is -4.46. The lowest BCUT2D eigenvalue weighted by atomic mass is 9.61. The molecule has 3 aliphatic carbocycles. The van der Waals surface area contributed by atoms with Crippen molar-refractivity contribution in [1.29, 1.82) is 0 Å². The Morgan fingerprint density at radius 2 is 1.82 bits per heavy atom. The van der Waals surface area contributed by atoms with E-state index in [0.717, 1.165) is 29.9 Å². The Morgan fingerprint density at radius 3 is 2.48 bits per heavy atom. The Bertz CT molecular complexity index is 848. The minimum atomic E-state index is -4.46. The second-order valence-electron chi connectivity index (χ2n) is 11.4. The third kappa shape index (κ3) is 6.60. The van der Waals surface area contributed by atoms with Gasteiger partial charge >= 0.3 is 7.82 Å². The van der Waals surface area contributed by atoms with Gasteiger partial charge in [0.15, 0.2) is 0 Å². The van der Waals surface area contributed by atoms with Gasteiger partial charge in [-0.2, -0.15) is 0 Å². The molecule has 3 saturated carbocycles. The lowest BCUT2D eigenvalue weighted by molar-refractivity contribution is 0.112. The molecule has 3 rings (SSSR count). The minimum absolute atomic E-state index is 0.350. The van der Waals surface area contributed by atoms with Crippen LogP contribution in [-0.2, 0) is 9.09 Å². The van der Waals surface area contributed by atoms with E-state index < -0.39 is 13.9 Å². The van der Waals surface area contributed by atoms with Gasteiger partial charge in [-0.15, -0.1) is 0 Å². The van der Waals surface area contributed by atoms with Crippen LogP contribution in [0.3, 0.4) is 0 Å². The van der Waals surface area contributed by atoms with Gasteiger partial charge in [-0.1, -0.05) is 76.6 Å². The second kappa shape index (κ2) is 10.8. The fourth-order valence-corrected chi connectivity index (χ4v) is 7.08. The first-order valence-corrected chi connectivity index (χ1v) is 14.4. The molecule has 0 aromatic carbocycles. The summed E-state index contributed by atoms with van der Waals surface area (Å²) in [6.07, 6.45) is 17.1. The van der Waals surface area contributed by atoms with Crippen LogP contribution in [0.15, 0.2) is 47.6 Å². The van der Waals surface area contributed by atoms with Crippen LogP contribution < -0.4 is 0 Å². The first kappa shape index (κ1) is 26.7. The zero-order valence-corrected chi connectivity index (χ0v) is 22.2. The van der Waals surface area contributed by atoms with Crippen LogP contribution in [0.5, 0.6) is 0 Å². The fourth-order valence-electron chi connectivity index (χ4n) is 6.52. The van der Waals surface area contributed by atoms with Crippen molar-refractivity contribution in [2.24, 2.45) is 35.0 Å². The van der Waals surface area contributed by atoms with Gasteiger partial charge in [0.2, 0.25) is 0 Å². The van der Waals surface area contributed by atoms with Gasteiger partial charge in [-0.05, 0) is 91.9 Å². The van der Waals surface area contributed by atoms with Crippen LogP contribution in [0.1, 0.15) is 86.0 Å². The topological polar surface area (TPSA) is 66.8 Å². The zero-order chi connectivity index (χ0) is 24.4. The first-order valence-electron chi connectivity index (χ1n) is 12.9. The molecule has 0 bridgehead atoms. The molecule has 3 fully saturated rings. The van der Waals surface area contributed by atoms with Gasteiger partial charge < -0.3 is 9.79 Å². The molecule has 0 aromatic heterocycles. The second-order valence-corrected chi connectivity index (χ2v) is 12.6. The highest BCUT2D eigenvalue weighted by Crippen LogP contribution is 2.59. The van der Waals surface area contributed by atoms with Crippen molar-refractivity contribution < 1.29 is 18.9 Å². The molecule has 33 heavy (non-hydrogen) atoms. The van der Waals surface area contributed by atoms with Crippen molar-refractivity contribution in [2.75, 3.05) is 0 Å². The SMILES string of the molecule is C=C1CCC(OP(=O)(O)O)CC1=CC=C1CCCC2(C)C1CCC2C(C)C=CC(C)C(C)C. The number of hydrogen-bond donors (Lipinski definition) is 2. The maximum absolute atomic E-state index is 11.3. The molecular weight excluding hydrogens is 431 g/mol. The Labute approximate surface area is 201 Å². The maximum atomic E-state index is 11.3. The highest BCUT2D eigenvalue weighted by Gasteiger charge is 2.50. The fraction of sp³-hybridized carbons (Fsp3) is 0.714. The number of fused-ring (bicyclic) bond motifs is 1. The predicted octanol–water partition coefficient (Wildman–Crippen LogP) is 7.76. The summed E-state index contributed by atoms with van der Waals surface area (Å²) in [5, 5.41) is 0. The van der Waals surface area contributed by atoms with Crippen LogP contribution in [0.4, 0.5) is 0 Å². The minimum Gasteiger partial charge on any atom is -0.303 e. The monoisotopic (exact) mass is 476 g/mol. The standard InChI is InChI=1S/C28H45O4P/c1-19(2)20(3)9-10-22(5)26-15-16-27-23(8-7-17-28(26,27)6)12-13-24-18-25(14-11-21(24)4)32-33(29,30)31/h9-10,12-13,19-20,22,25-27H,4,7-8,11,14-18H2,1-3,5-6H3,(H2,29,30,31). The Balaban J connectivity index is 1.74. The van der Waals surface area contributed by atoms with E-state index in [1.54, 1.807) is 5.57 Å². The average Bonchev–Trinajstić information content (AvgIpc) is 3.08. The number of rotatable bonds is 7. The van der Waals surface area contributed by atoms with Crippen molar-refractivity contribution in [3.05, 3.63) is 47.6 Å². The third-order valence-corrected chi connectivity index (χ3v) is 9.47. The van der Waals surface area contributed by atoms with Crippen LogP contribution in [0.25, 0.3) is 0 Å². The molecule has 0 spiro atoms. The summed E-state index contributed by atoms with van der Waals surface area (Å²) < 4.78 is 16.3. The Morgan fingerprint density at radius 1 is 1.09 bits per heavy atom. The van der Waals surface area contributed by atoms with Crippen molar-refractivity contribution >= 4 is 7.82 Å². The summed E-state index contributed by atoms with van der Waals surface area (Å²) in [6.45, 7) is 16.0. The van der Waals surface area contributed by atoms with Crippen molar-refractivity contribution in [2.45, 2.75) is 92.1 Å². The summed E-state index contributed by atoms with van der Waals surface area (Å²) in [5.74, 6) is 3.25.